The van der Waals surface area contributed by atoms with Crippen LogP contribution in [-0.4, -0.2) is 36.8 Å². The SMILES string of the molecule is COCC1CCCN(Cc2cc(Cl)cc(Cl)c2O)C1. The Kier molecular flexibility index (Phi) is 5.34. The van der Waals surface area contributed by atoms with Crippen molar-refractivity contribution in [1.29, 1.82) is 0 Å². The van der Waals surface area contributed by atoms with E-state index in [1.54, 1.807) is 19.2 Å². The molecule has 1 N–H and O–H groups in total. The van der Waals surface area contributed by atoms with E-state index < -0.39 is 0 Å². The number of piperidine rings is 1. The van der Waals surface area contributed by atoms with E-state index in [0.29, 0.717) is 22.5 Å². The minimum atomic E-state index is 0.139. The Balaban J connectivity index is 2.04. The van der Waals surface area contributed by atoms with Gasteiger partial charge in [0.1, 0.15) is 5.75 Å². The van der Waals surface area contributed by atoms with Gasteiger partial charge in [0.15, 0.2) is 0 Å². The second kappa shape index (κ2) is 6.80. The molecule has 0 bridgehead atoms. The molecule has 1 aliphatic heterocycles. The lowest BCUT2D eigenvalue weighted by molar-refractivity contribution is 0.0870. The van der Waals surface area contributed by atoms with Crippen molar-refractivity contribution in [2.75, 3.05) is 26.8 Å². The molecular weight excluding hydrogens is 285 g/mol. The molecule has 0 amide bonds. The molecular formula is C14H19Cl2NO2. The smallest absolute Gasteiger partial charge is 0.138 e. The molecule has 0 spiro atoms. The van der Waals surface area contributed by atoms with Crippen molar-refractivity contribution in [1.82, 2.24) is 4.90 Å². The number of nitrogens with zero attached hydrogens (tertiary/aromatic N) is 1. The molecule has 106 valence electrons. The first-order valence-corrected chi connectivity index (χ1v) is 7.24. The lowest BCUT2D eigenvalue weighted by Gasteiger charge is -2.32. The topological polar surface area (TPSA) is 32.7 Å². The van der Waals surface area contributed by atoms with Gasteiger partial charge in [-0.3, -0.25) is 4.90 Å². The van der Waals surface area contributed by atoms with Crippen LogP contribution in [0.5, 0.6) is 5.75 Å². The third-order valence-electron chi connectivity index (χ3n) is 3.51. The van der Waals surface area contributed by atoms with E-state index in [2.05, 4.69) is 4.90 Å². The summed E-state index contributed by atoms with van der Waals surface area (Å²) >= 11 is 11.9. The predicted octanol–water partition coefficient (Wildman–Crippen LogP) is 3.56. The lowest BCUT2D eigenvalue weighted by Crippen LogP contribution is -2.36. The number of ether oxygens (including phenoxy) is 1. The molecule has 0 aromatic heterocycles. The summed E-state index contributed by atoms with van der Waals surface area (Å²) in [5, 5.41) is 10.9. The number of rotatable bonds is 4. The van der Waals surface area contributed by atoms with E-state index in [1.807, 2.05) is 0 Å². The molecule has 1 aliphatic rings. The summed E-state index contributed by atoms with van der Waals surface area (Å²) in [6, 6.07) is 3.34. The Hall–Kier alpha value is -0.480. The number of phenols is 1. The van der Waals surface area contributed by atoms with E-state index in [1.165, 1.54) is 6.42 Å². The first-order valence-electron chi connectivity index (χ1n) is 6.48. The van der Waals surface area contributed by atoms with Gasteiger partial charge >= 0.3 is 0 Å². The molecule has 0 radical (unpaired) electrons. The van der Waals surface area contributed by atoms with Crippen molar-refractivity contribution in [2.45, 2.75) is 19.4 Å². The van der Waals surface area contributed by atoms with Crippen LogP contribution in [0.2, 0.25) is 10.0 Å². The van der Waals surface area contributed by atoms with Gasteiger partial charge in [-0.15, -0.1) is 0 Å². The van der Waals surface area contributed by atoms with Gasteiger partial charge in [-0.1, -0.05) is 23.2 Å². The molecule has 5 heteroatoms. The van der Waals surface area contributed by atoms with Gasteiger partial charge in [0.25, 0.3) is 0 Å². The highest BCUT2D eigenvalue weighted by Gasteiger charge is 2.21. The number of halogens is 2. The normalized spacial score (nSPS) is 20.7. The second-order valence-corrected chi connectivity index (χ2v) is 5.94. The highest BCUT2D eigenvalue weighted by molar-refractivity contribution is 6.35. The lowest BCUT2D eigenvalue weighted by atomic mass is 9.98. The van der Waals surface area contributed by atoms with Crippen molar-refractivity contribution in [3.8, 4) is 5.75 Å². The fraction of sp³-hybridized carbons (Fsp3) is 0.571. The maximum Gasteiger partial charge on any atom is 0.138 e. The quantitative estimate of drug-likeness (QED) is 0.923. The number of methoxy groups -OCH3 is 1. The Bertz CT molecular complexity index is 438. The third-order valence-corrected chi connectivity index (χ3v) is 4.01. The summed E-state index contributed by atoms with van der Waals surface area (Å²) in [5.74, 6) is 0.704. The number of hydrogen-bond donors (Lipinski definition) is 1. The number of phenolic OH excluding ortho intramolecular Hbond substituents is 1. The van der Waals surface area contributed by atoms with Crippen molar-refractivity contribution in [2.24, 2.45) is 5.92 Å². The molecule has 1 saturated heterocycles. The molecule has 1 heterocycles. The average molecular weight is 304 g/mol. The zero-order valence-electron chi connectivity index (χ0n) is 11.0. The minimum Gasteiger partial charge on any atom is -0.506 e. The Morgan fingerprint density at radius 1 is 1.42 bits per heavy atom. The van der Waals surface area contributed by atoms with Crippen LogP contribution in [0.25, 0.3) is 0 Å². The van der Waals surface area contributed by atoms with Crippen LogP contribution in [0.1, 0.15) is 18.4 Å². The van der Waals surface area contributed by atoms with E-state index in [-0.39, 0.29) is 5.75 Å². The first kappa shape index (κ1) is 14.9. The van der Waals surface area contributed by atoms with Crippen LogP contribution in [-0.2, 0) is 11.3 Å². The zero-order valence-corrected chi connectivity index (χ0v) is 12.5. The molecule has 1 fully saturated rings. The van der Waals surface area contributed by atoms with E-state index in [0.717, 1.165) is 31.7 Å². The maximum absolute atomic E-state index is 9.98. The second-order valence-electron chi connectivity index (χ2n) is 5.09. The van der Waals surface area contributed by atoms with Crippen LogP contribution < -0.4 is 0 Å². The maximum atomic E-state index is 9.98. The molecule has 0 saturated carbocycles. The average Bonchev–Trinajstić information content (AvgIpc) is 2.36. The number of hydrogen-bond acceptors (Lipinski definition) is 3. The Morgan fingerprint density at radius 2 is 2.21 bits per heavy atom. The summed E-state index contributed by atoms with van der Waals surface area (Å²) in [6.45, 7) is 3.48. The number of likely N-dealkylation sites (tertiary alicyclic amines) is 1. The summed E-state index contributed by atoms with van der Waals surface area (Å²) in [4.78, 5) is 2.31. The monoisotopic (exact) mass is 303 g/mol. The van der Waals surface area contributed by atoms with Crippen LogP contribution in [0, 0.1) is 5.92 Å². The highest BCUT2D eigenvalue weighted by Crippen LogP contribution is 2.32. The summed E-state index contributed by atoms with van der Waals surface area (Å²) in [7, 11) is 1.74. The van der Waals surface area contributed by atoms with Crippen LogP contribution in [0.3, 0.4) is 0 Å². The fourth-order valence-electron chi connectivity index (χ4n) is 2.65. The molecule has 1 atom stereocenters. The van der Waals surface area contributed by atoms with Crippen molar-refractivity contribution in [3.63, 3.8) is 0 Å². The third kappa shape index (κ3) is 3.99. The molecule has 1 aromatic carbocycles. The van der Waals surface area contributed by atoms with Crippen LogP contribution in [0.15, 0.2) is 12.1 Å². The molecule has 1 unspecified atom stereocenters. The Morgan fingerprint density at radius 3 is 2.95 bits per heavy atom. The van der Waals surface area contributed by atoms with Gasteiger partial charge in [-0.25, -0.2) is 0 Å². The van der Waals surface area contributed by atoms with Crippen molar-refractivity contribution >= 4 is 23.2 Å². The minimum absolute atomic E-state index is 0.139. The van der Waals surface area contributed by atoms with Gasteiger partial charge in [-0.05, 0) is 37.4 Å². The van der Waals surface area contributed by atoms with Gasteiger partial charge in [-0.2, -0.15) is 0 Å². The van der Waals surface area contributed by atoms with Gasteiger partial charge in [0, 0.05) is 30.8 Å². The molecule has 2 rings (SSSR count). The Labute approximate surface area is 124 Å². The number of aromatic hydroxyl groups is 1. The van der Waals surface area contributed by atoms with Crippen LogP contribution in [0.4, 0.5) is 0 Å². The van der Waals surface area contributed by atoms with E-state index in [4.69, 9.17) is 27.9 Å². The zero-order chi connectivity index (χ0) is 13.8. The van der Waals surface area contributed by atoms with Gasteiger partial charge in [0.2, 0.25) is 0 Å². The largest absolute Gasteiger partial charge is 0.506 e. The summed E-state index contributed by atoms with van der Waals surface area (Å²) < 4.78 is 5.22. The summed E-state index contributed by atoms with van der Waals surface area (Å²) in [6.07, 6.45) is 2.36. The summed E-state index contributed by atoms with van der Waals surface area (Å²) in [5.41, 5.74) is 0.788. The van der Waals surface area contributed by atoms with Crippen LogP contribution >= 0.6 is 23.2 Å². The van der Waals surface area contributed by atoms with Gasteiger partial charge in [0.05, 0.1) is 11.6 Å². The standard InChI is InChI=1S/C14H19Cl2NO2/c1-19-9-10-3-2-4-17(7-10)8-11-5-12(15)6-13(16)14(11)18/h5-6,10,18H,2-4,7-9H2,1H3. The van der Waals surface area contributed by atoms with Crippen molar-refractivity contribution < 1.29 is 9.84 Å². The predicted molar refractivity (Wildman–Crippen MR) is 78.0 cm³/mol. The fourth-order valence-corrected chi connectivity index (χ4v) is 3.18. The molecule has 0 aliphatic carbocycles. The highest BCUT2D eigenvalue weighted by atomic mass is 35.5. The van der Waals surface area contributed by atoms with Gasteiger partial charge < -0.3 is 9.84 Å². The van der Waals surface area contributed by atoms with E-state index >= 15 is 0 Å². The molecule has 3 nitrogen and oxygen atoms in total. The molecule has 1 aromatic rings. The molecule has 19 heavy (non-hydrogen) atoms. The number of benzene rings is 1. The van der Waals surface area contributed by atoms with E-state index in [9.17, 15) is 5.11 Å². The van der Waals surface area contributed by atoms with Crippen molar-refractivity contribution in [3.05, 3.63) is 27.7 Å². The first-order chi connectivity index (χ1) is 9.10.